The first kappa shape index (κ1) is 13.9. The molecule has 1 aliphatic heterocycles. The number of hydrogen-bond acceptors (Lipinski definition) is 3. The predicted molar refractivity (Wildman–Crippen MR) is 77.0 cm³/mol. The molecule has 0 aromatic heterocycles. The lowest BCUT2D eigenvalue weighted by molar-refractivity contribution is 0.199. The first-order valence-corrected chi connectivity index (χ1v) is 6.90. The van der Waals surface area contributed by atoms with Crippen molar-refractivity contribution in [1.29, 1.82) is 5.26 Å². The second-order valence-corrected chi connectivity index (χ2v) is 6.21. The lowest BCUT2D eigenvalue weighted by atomic mass is 9.82. The molecule has 1 aromatic carbocycles. The third kappa shape index (κ3) is 3.08. The predicted octanol–water partition coefficient (Wildman–Crippen LogP) is 3.24. The summed E-state index contributed by atoms with van der Waals surface area (Å²) >= 11 is 0. The maximum Gasteiger partial charge on any atom is 0.0992 e. The van der Waals surface area contributed by atoms with Crippen molar-refractivity contribution < 1.29 is 5.11 Å². The van der Waals surface area contributed by atoms with Gasteiger partial charge < -0.3 is 10.0 Å². The summed E-state index contributed by atoms with van der Waals surface area (Å²) in [7, 11) is 0. The van der Waals surface area contributed by atoms with Gasteiger partial charge in [-0.1, -0.05) is 19.9 Å². The highest BCUT2D eigenvalue weighted by molar-refractivity contribution is 5.58. The van der Waals surface area contributed by atoms with Crippen LogP contribution in [0, 0.1) is 16.7 Å². The second-order valence-electron chi connectivity index (χ2n) is 6.21. The number of aliphatic hydroxyl groups excluding tert-OH is 1. The van der Waals surface area contributed by atoms with E-state index in [2.05, 4.69) is 24.8 Å². The molecule has 0 amide bonds. The normalized spacial score (nSPS) is 19.8. The minimum atomic E-state index is -0.502. The van der Waals surface area contributed by atoms with Gasteiger partial charge in [0.25, 0.3) is 0 Å². The molecule has 1 heterocycles. The lowest BCUT2D eigenvalue weighted by Crippen LogP contribution is -2.37. The van der Waals surface area contributed by atoms with E-state index < -0.39 is 6.10 Å². The van der Waals surface area contributed by atoms with Crippen LogP contribution in [-0.4, -0.2) is 18.2 Å². The molecule has 0 bridgehead atoms. The van der Waals surface area contributed by atoms with E-state index in [1.54, 1.807) is 13.0 Å². The van der Waals surface area contributed by atoms with E-state index >= 15 is 0 Å². The van der Waals surface area contributed by atoms with Gasteiger partial charge in [-0.3, -0.25) is 0 Å². The van der Waals surface area contributed by atoms with Crippen molar-refractivity contribution in [3.8, 4) is 6.07 Å². The van der Waals surface area contributed by atoms with Crippen molar-refractivity contribution in [3.05, 3.63) is 29.3 Å². The van der Waals surface area contributed by atoms with Crippen molar-refractivity contribution in [3.63, 3.8) is 0 Å². The van der Waals surface area contributed by atoms with Gasteiger partial charge in [-0.15, -0.1) is 0 Å². The number of anilines is 1. The van der Waals surface area contributed by atoms with E-state index in [0.29, 0.717) is 11.0 Å². The molecule has 1 atom stereocenters. The Bertz CT molecular complexity index is 490. The molecule has 0 unspecified atom stereocenters. The number of rotatable bonds is 2. The molecule has 1 aliphatic rings. The van der Waals surface area contributed by atoms with Crippen LogP contribution < -0.4 is 4.90 Å². The zero-order chi connectivity index (χ0) is 14.0. The van der Waals surface area contributed by atoms with Crippen molar-refractivity contribution >= 4 is 5.69 Å². The topological polar surface area (TPSA) is 47.3 Å². The molecule has 0 saturated carbocycles. The standard InChI is InChI=1S/C16H22N2O/c1-12(19)14-5-4-13(11-17)10-15(14)18-8-6-16(2,3)7-9-18/h4-5,10,12,19H,6-9H2,1-3H3/t12-/m0/s1. The Morgan fingerprint density at radius 2 is 1.95 bits per heavy atom. The molecule has 0 spiro atoms. The SMILES string of the molecule is C[C@H](O)c1ccc(C#N)cc1N1CCC(C)(C)CC1. The average Bonchev–Trinajstić information content (AvgIpc) is 2.38. The molecule has 102 valence electrons. The molecule has 3 heteroatoms. The fourth-order valence-corrected chi connectivity index (χ4v) is 2.59. The van der Waals surface area contributed by atoms with E-state index in [4.69, 9.17) is 5.26 Å². The zero-order valence-corrected chi connectivity index (χ0v) is 12.0. The van der Waals surface area contributed by atoms with Gasteiger partial charge in [0.2, 0.25) is 0 Å². The smallest absolute Gasteiger partial charge is 0.0992 e. The minimum Gasteiger partial charge on any atom is -0.389 e. The molecular weight excluding hydrogens is 236 g/mol. The second kappa shape index (κ2) is 5.22. The summed E-state index contributed by atoms with van der Waals surface area (Å²) in [5.41, 5.74) is 2.99. The summed E-state index contributed by atoms with van der Waals surface area (Å²) in [4.78, 5) is 2.30. The van der Waals surface area contributed by atoms with Crippen LogP contribution in [0.4, 0.5) is 5.69 Å². The Hall–Kier alpha value is -1.53. The lowest BCUT2D eigenvalue weighted by Gasteiger charge is -2.39. The summed E-state index contributed by atoms with van der Waals surface area (Å²) in [5.74, 6) is 0. The molecule has 1 aromatic rings. The van der Waals surface area contributed by atoms with Gasteiger partial charge in [0.1, 0.15) is 0 Å². The van der Waals surface area contributed by atoms with Crippen LogP contribution in [0.15, 0.2) is 18.2 Å². The van der Waals surface area contributed by atoms with Gasteiger partial charge in [0.15, 0.2) is 0 Å². The fourth-order valence-electron chi connectivity index (χ4n) is 2.59. The summed E-state index contributed by atoms with van der Waals surface area (Å²) < 4.78 is 0. The van der Waals surface area contributed by atoms with E-state index in [-0.39, 0.29) is 0 Å². The van der Waals surface area contributed by atoms with Crippen molar-refractivity contribution in [1.82, 2.24) is 0 Å². The van der Waals surface area contributed by atoms with Crippen LogP contribution in [0.3, 0.4) is 0 Å². The maximum absolute atomic E-state index is 9.89. The van der Waals surface area contributed by atoms with Crippen molar-refractivity contribution in [2.45, 2.75) is 39.7 Å². The molecule has 3 nitrogen and oxygen atoms in total. The monoisotopic (exact) mass is 258 g/mol. The van der Waals surface area contributed by atoms with Crippen LogP contribution in [0.1, 0.15) is 50.8 Å². The van der Waals surface area contributed by atoms with E-state index in [1.165, 1.54) is 0 Å². The summed E-state index contributed by atoms with van der Waals surface area (Å²) in [6.45, 7) is 8.35. The third-order valence-corrected chi connectivity index (χ3v) is 4.07. The van der Waals surface area contributed by atoms with E-state index in [1.807, 2.05) is 12.1 Å². The summed E-state index contributed by atoms with van der Waals surface area (Å²) in [6.07, 6.45) is 1.78. The zero-order valence-electron chi connectivity index (χ0n) is 12.0. The van der Waals surface area contributed by atoms with Gasteiger partial charge in [-0.2, -0.15) is 5.26 Å². The average molecular weight is 258 g/mol. The number of piperidine rings is 1. The molecule has 1 fully saturated rings. The highest BCUT2D eigenvalue weighted by Gasteiger charge is 2.27. The van der Waals surface area contributed by atoms with Gasteiger partial charge in [-0.25, -0.2) is 0 Å². The Morgan fingerprint density at radius 3 is 2.47 bits per heavy atom. The number of aliphatic hydroxyl groups is 1. The first-order chi connectivity index (χ1) is 8.93. The van der Waals surface area contributed by atoms with Gasteiger partial charge in [-0.05, 0) is 37.3 Å². The highest BCUT2D eigenvalue weighted by Crippen LogP contribution is 2.35. The Morgan fingerprint density at radius 1 is 1.32 bits per heavy atom. The molecular formula is C16H22N2O. The molecule has 1 N–H and O–H groups in total. The first-order valence-electron chi connectivity index (χ1n) is 6.90. The van der Waals surface area contributed by atoms with Crippen molar-refractivity contribution in [2.24, 2.45) is 5.41 Å². The molecule has 0 aliphatic carbocycles. The molecule has 19 heavy (non-hydrogen) atoms. The van der Waals surface area contributed by atoms with Crippen LogP contribution in [0.25, 0.3) is 0 Å². The van der Waals surface area contributed by atoms with Crippen LogP contribution in [0.5, 0.6) is 0 Å². The Labute approximate surface area is 115 Å². The van der Waals surface area contributed by atoms with Gasteiger partial charge >= 0.3 is 0 Å². The number of hydrogen-bond donors (Lipinski definition) is 1. The largest absolute Gasteiger partial charge is 0.389 e. The van der Waals surface area contributed by atoms with E-state index in [0.717, 1.165) is 37.2 Å². The fraction of sp³-hybridized carbons (Fsp3) is 0.562. The summed E-state index contributed by atoms with van der Waals surface area (Å²) in [5, 5.41) is 18.9. The summed E-state index contributed by atoms with van der Waals surface area (Å²) in [6, 6.07) is 7.73. The molecule has 0 radical (unpaired) electrons. The number of benzene rings is 1. The highest BCUT2D eigenvalue weighted by atomic mass is 16.3. The minimum absolute atomic E-state index is 0.397. The number of nitrogens with zero attached hydrogens (tertiary/aromatic N) is 2. The Kier molecular flexibility index (Phi) is 3.82. The van der Waals surface area contributed by atoms with Crippen molar-refractivity contribution in [2.75, 3.05) is 18.0 Å². The van der Waals surface area contributed by atoms with Gasteiger partial charge in [0, 0.05) is 24.3 Å². The van der Waals surface area contributed by atoms with E-state index in [9.17, 15) is 5.11 Å². The third-order valence-electron chi connectivity index (χ3n) is 4.07. The number of nitriles is 1. The Balaban J connectivity index is 2.30. The van der Waals surface area contributed by atoms with Crippen LogP contribution in [0.2, 0.25) is 0 Å². The van der Waals surface area contributed by atoms with Crippen LogP contribution >= 0.6 is 0 Å². The van der Waals surface area contributed by atoms with Gasteiger partial charge in [0.05, 0.1) is 17.7 Å². The molecule has 1 saturated heterocycles. The van der Waals surface area contributed by atoms with Crippen LogP contribution in [-0.2, 0) is 0 Å². The quantitative estimate of drug-likeness (QED) is 0.886. The maximum atomic E-state index is 9.89. The molecule has 2 rings (SSSR count).